The van der Waals surface area contributed by atoms with Crippen molar-refractivity contribution >= 4 is 40.3 Å². The highest BCUT2D eigenvalue weighted by Crippen LogP contribution is 2.18. The van der Waals surface area contributed by atoms with Crippen LogP contribution >= 0.6 is 0 Å². The molecule has 1 atom stereocenters. The zero-order chi connectivity index (χ0) is 27.0. The van der Waals surface area contributed by atoms with Crippen LogP contribution in [-0.4, -0.2) is 42.5 Å². The van der Waals surface area contributed by atoms with Crippen molar-refractivity contribution < 1.29 is 23.9 Å². The van der Waals surface area contributed by atoms with Gasteiger partial charge in [-0.15, -0.1) is 5.10 Å². The van der Waals surface area contributed by atoms with Gasteiger partial charge in [0, 0.05) is 25.6 Å². The lowest BCUT2D eigenvalue weighted by Gasteiger charge is -2.15. The molecule has 0 spiro atoms. The average molecular weight is 514 g/mol. The summed E-state index contributed by atoms with van der Waals surface area (Å²) in [5.41, 5.74) is 9.14. The number of hydrogen-bond acceptors (Lipinski definition) is 8. The number of nitrogens with zero attached hydrogens (tertiary/aromatic N) is 4. The highest BCUT2D eigenvalue weighted by atomic mass is 16.4. The van der Waals surface area contributed by atoms with Crippen LogP contribution in [0.1, 0.15) is 61.3 Å². The number of amides is 2. The zero-order valence-electron chi connectivity index (χ0n) is 20.4. The highest BCUT2D eigenvalue weighted by molar-refractivity contribution is 5.98. The van der Waals surface area contributed by atoms with Gasteiger partial charge in [0.2, 0.25) is 0 Å². The van der Waals surface area contributed by atoms with Gasteiger partial charge in [-0.3, -0.25) is 9.59 Å². The number of carboxylic acids is 1. The Kier molecular flexibility index (Phi) is 6.21. The van der Waals surface area contributed by atoms with Crippen LogP contribution in [-0.2, 0) is 6.54 Å². The van der Waals surface area contributed by atoms with Gasteiger partial charge in [-0.2, -0.15) is 0 Å². The first kappa shape index (κ1) is 24.4. The van der Waals surface area contributed by atoms with Crippen molar-refractivity contribution in [2.75, 3.05) is 5.73 Å². The van der Waals surface area contributed by atoms with Crippen LogP contribution in [0.25, 0.3) is 16.7 Å². The minimum atomic E-state index is -1.04. The Morgan fingerprint density at radius 1 is 1.05 bits per heavy atom. The number of aryl methyl sites for hydroxylation is 1. The Bertz CT molecular complexity index is 1700. The number of aromatic carboxylic acids is 1. The number of benzene rings is 2. The summed E-state index contributed by atoms with van der Waals surface area (Å²) in [4.78, 5) is 45.9. The largest absolute Gasteiger partial charge is 0.478 e. The van der Waals surface area contributed by atoms with E-state index in [0.717, 1.165) is 5.56 Å². The molecule has 0 aliphatic rings. The molecule has 3 heterocycles. The third-order valence-corrected chi connectivity index (χ3v) is 5.93. The maximum absolute atomic E-state index is 13.2. The molecule has 38 heavy (non-hydrogen) atoms. The number of nitrogens with two attached hydrogens (primary N) is 1. The molecule has 5 rings (SSSR count). The van der Waals surface area contributed by atoms with Crippen LogP contribution in [0.3, 0.4) is 0 Å². The van der Waals surface area contributed by atoms with E-state index in [1.807, 2.05) is 12.1 Å². The molecule has 12 heteroatoms. The summed E-state index contributed by atoms with van der Waals surface area (Å²) >= 11 is 0. The molecule has 0 aliphatic heterocycles. The van der Waals surface area contributed by atoms with E-state index in [0.29, 0.717) is 22.6 Å². The number of nitrogen functional groups attached to an aromatic ring is 1. The van der Waals surface area contributed by atoms with Crippen LogP contribution < -0.4 is 16.4 Å². The molecule has 0 aliphatic carbocycles. The molecule has 2 aromatic carbocycles. The zero-order valence-corrected chi connectivity index (χ0v) is 20.4. The minimum absolute atomic E-state index is 0.00366. The van der Waals surface area contributed by atoms with E-state index in [4.69, 9.17) is 15.3 Å². The van der Waals surface area contributed by atoms with Gasteiger partial charge >= 0.3 is 5.97 Å². The van der Waals surface area contributed by atoms with Crippen molar-refractivity contribution in [2.24, 2.45) is 0 Å². The fourth-order valence-electron chi connectivity index (χ4n) is 4.01. The SMILES string of the molecule is Cc1nc2cc(CNC(=O)c3cc(C(=O)N[C@@H](C)c4ccc(C(=O)O)cc4)nc4cc(N)nn34)ccc2o1. The van der Waals surface area contributed by atoms with Crippen LogP contribution in [0, 0.1) is 6.92 Å². The molecule has 0 fully saturated rings. The summed E-state index contributed by atoms with van der Waals surface area (Å²) < 4.78 is 6.76. The predicted molar refractivity (Wildman–Crippen MR) is 137 cm³/mol. The van der Waals surface area contributed by atoms with Crippen molar-refractivity contribution in [2.45, 2.75) is 26.4 Å². The van der Waals surface area contributed by atoms with Crippen LogP contribution in [0.15, 0.2) is 59.0 Å². The van der Waals surface area contributed by atoms with Crippen molar-refractivity contribution in [3.63, 3.8) is 0 Å². The Hall–Kier alpha value is -5.26. The molecule has 0 bridgehead atoms. The second kappa shape index (κ2) is 9.65. The van der Waals surface area contributed by atoms with Gasteiger partial charge in [0.15, 0.2) is 17.1 Å². The van der Waals surface area contributed by atoms with Crippen molar-refractivity contribution in [1.82, 2.24) is 30.2 Å². The number of rotatable bonds is 7. The molecule has 5 aromatic rings. The molecule has 5 N–H and O–H groups in total. The summed E-state index contributed by atoms with van der Waals surface area (Å²) in [6.07, 6.45) is 0. The minimum Gasteiger partial charge on any atom is -0.478 e. The summed E-state index contributed by atoms with van der Waals surface area (Å²) in [7, 11) is 0. The molecule has 0 unspecified atom stereocenters. The van der Waals surface area contributed by atoms with E-state index < -0.39 is 23.8 Å². The van der Waals surface area contributed by atoms with E-state index in [1.54, 1.807) is 32.0 Å². The van der Waals surface area contributed by atoms with Gasteiger partial charge < -0.3 is 25.9 Å². The average Bonchev–Trinajstić information content (AvgIpc) is 3.46. The number of hydrogen-bond donors (Lipinski definition) is 4. The fraction of sp³-hybridized carbons (Fsp3) is 0.154. The summed E-state index contributed by atoms with van der Waals surface area (Å²) in [5, 5.41) is 18.9. The maximum Gasteiger partial charge on any atom is 0.335 e. The van der Waals surface area contributed by atoms with Crippen molar-refractivity contribution in [3.05, 3.63) is 88.6 Å². The quantitative estimate of drug-likeness (QED) is 0.255. The topological polar surface area (TPSA) is 178 Å². The number of carbonyl (C=O) groups excluding carboxylic acids is 2. The molecular formula is C26H23N7O5. The fourth-order valence-corrected chi connectivity index (χ4v) is 4.01. The number of carbonyl (C=O) groups is 3. The molecule has 0 saturated carbocycles. The first-order valence-electron chi connectivity index (χ1n) is 11.6. The van der Waals surface area contributed by atoms with Gasteiger partial charge in [-0.1, -0.05) is 18.2 Å². The van der Waals surface area contributed by atoms with Gasteiger partial charge in [-0.25, -0.2) is 19.3 Å². The van der Waals surface area contributed by atoms with Crippen LogP contribution in [0.2, 0.25) is 0 Å². The number of aromatic nitrogens is 4. The second-order valence-electron chi connectivity index (χ2n) is 8.71. The smallest absolute Gasteiger partial charge is 0.335 e. The van der Waals surface area contributed by atoms with E-state index in [2.05, 4.69) is 25.7 Å². The summed E-state index contributed by atoms with van der Waals surface area (Å²) in [5.74, 6) is -1.35. The predicted octanol–water partition coefficient (Wildman–Crippen LogP) is 2.88. The first-order chi connectivity index (χ1) is 18.2. The lowest BCUT2D eigenvalue weighted by molar-refractivity contribution is 0.0696. The standard InChI is InChI=1S/C26H23N7O5/c1-13(16-4-6-17(7-5-16)26(36)37)29-24(34)19-10-20(33-23(31-19)11-22(27)32-33)25(35)28-12-15-3-8-21-18(9-15)30-14(2)38-21/h3-11,13H,12H2,1-2H3,(H2,27,32)(H,28,35)(H,29,34)(H,36,37)/t13-/m0/s1. The van der Waals surface area contributed by atoms with Crippen molar-refractivity contribution in [3.8, 4) is 0 Å². The Balaban J connectivity index is 1.36. The molecular weight excluding hydrogens is 490 g/mol. The lowest BCUT2D eigenvalue weighted by atomic mass is 10.1. The normalized spacial score (nSPS) is 11.9. The van der Waals surface area contributed by atoms with E-state index in [-0.39, 0.29) is 35.0 Å². The van der Waals surface area contributed by atoms with Crippen LogP contribution in [0.4, 0.5) is 5.82 Å². The number of oxazole rings is 1. The van der Waals surface area contributed by atoms with Gasteiger partial charge in [-0.05, 0) is 42.3 Å². The van der Waals surface area contributed by atoms with E-state index in [1.165, 1.54) is 28.8 Å². The summed E-state index contributed by atoms with van der Waals surface area (Å²) in [6.45, 7) is 3.71. The number of anilines is 1. The third kappa shape index (κ3) is 4.87. The molecule has 0 radical (unpaired) electrons. The van der Waals surface area contributed by atoms with Crippen LogP contribution in [0.5, 0.6) is 0 Å². The van der Waals surface area contributed by atoms with E-state index >= 15 is 0 Å². The maximum atomic E-state index is 13.2. The lowest BCUT2D eigenvalue weighted by Crippen LogP contribution is -2.30. The molecule has 0 saturated heterocycles. The second-order valence-corrected chi connectivity index (χ2v) is 8.71. The van der Waals surface area contributed by atoms with Crippen molar-refractivity contribution in [1.29, 1.82) is 0 Å². The highest BCUT2D eigenvalue weighted by Gasteiger charge is 2.20. The van der Waals surface area contributed by atoms with Gasteiger partial charge in [0.1, 0.15) is 22.7 Å². The monoisotopic (exact) mass is 513 g/mol. The number of fused-ring (bicyclic) bond motifs is 2. The van der Waals surface area contributed by atoms with E-state index in [9.17, 15) is 14.4 Å². The molecule has 12 nitrogen and oxygen atoms in total. The van der Waals surface area contributed by atoms with Gasteiger partial charge in [0.25, 0.3) is 11.8 Å². The Morgan fingerprint density at radius 3 is 2.55 bits per heavy atom. The molecule has 2 amide bonds. The molecule has 3 aromatic heterocycles. The summed E-state index contributed by atoms with van der Waals surface area (Å²) in [6, 6.07) is 14.0. The number of carboxylic acid groups (broad SMARTS) is 1. The first-order valence-corrected chi connectivity index (χ1v) is 11.6. The van der Waals surface area contributed by atoms with Gasteiger partial charge in [0.05, 0.1) is 11.6 Å². The Morgan fingerprint density at radius 2 is 1.82 bits per heavy atom. The molecule has 192 valence electrons. The Labute approximate surface area is 215 Å². The number of nitrogens with one attached hydrogen (secondary N) is 2. The third-order valence-electron chi connectivity index (χ3n) is 5.93.